The SMILES string of the molecule is CN(Cc1ccccc1N1CCOCC1)C(=O)C=Cc1ccc(F)cc1. The highest BCUT2D eigenvalue weighted by atomic mass is 19.1. The van der Waals surface area contributed by atoms with Gasteiger partial charge in [-0.1, -0.05) is 30.3 Å². The van der Waals surface area contributed by atoms with Crippen molar-refractivity contribution in [1.29, 1.82) is 0 Å². The van der Waals surface area contributed by atoms with E-state index in [9.17, 15) is 9.18 Å². The van der Waals surface area contributed by atoms with E-state index in [1.165, 1.54) is 18.2 Å². The zero-order valence-corrected chi connectivity index (χ0v) is 14.9. The molecule has 1 heterocycles. The van der Waals surface area contributed by atoms with Gasteiger partial charge < -0.3 is 14.5 Å². The Morgan fingerprint density at radius 1 is 1.15 bits per heavy atom. The van der Waals surface area contributed by atoms with Gasteiger partial charge >= 0.3 is 0 Å². The maximum Gasteiger partial charge on any atom is 0.246 e. The number of carbonyl (C=O) groups is 1. The number of nitrogens with zero attached hydrogens (tertiary/aromatic N) is 2. The normalized spacial score (nSPS) is 14.6. The molecule has 0 spiro atoms. The van der Waals surface area contributed by atoms with Crippen molar-refractivity contribution < 1.29 is 13.9 Å². The van der Waals surface area contributed by atoms with Gasteiger partial charge in [0.25, 0.3) is 0 Å². The molecule has 1 amide bonds. The minimum absolute atomic E-state index is 0.0916. The molecule has 2 aromatic rings. The molecule has 136 valence electrons. The molecular weight excluding hydrogens is 331 g/mol. The van der Waals surface area contributed by atoms with Crippen LogP contribution in [0.3, 0.4) is 0 Å². The summed E-state index contributed by atoms with van der Waals surface area (Å²) in [5, 5.41) is 0. The number of carbonyl (C=O) groups excluding carboxylic acids is 1. The predicted octanol–water partition coefficient (Wildman–Crippen LogP) is 3.33. The molecule has 4 nitrogen and oxygen atoms in total. The first-order chi connectivity index (χ1) is 12.6. The number of benzene rings is 2. The highest BCUT2D eigenvalue weighted by molar-refractivity contribution is 5.91. The number of amides is 1. The first-order valence-corrected chi connectivity index (χ1v) is 8.73. The first kappa shape index (κ1) is 18.1. The Morgan fingerprint density at radius 2 is 1.85 bits per heavy atom. The molecular formula is C21H23FN2O2. The standard InChI is InChI=1S/C21H23FN2O2/c1-23(21(25)11-8-17-6-9-19(22)10-7-17)16-18-4-2-3-5-20(18)24-12-14-26-15-13-24/h2-11H,12-16H2,1H3. The summed E-state index contributed by atoms with van der Waals surface area (Å²) in [7, 11) is 1.79. The molecule has 5 heteroatoms. The fourth-order valence-electron chi connectivity index (χ4n) is 2.96. The zero-order valence-electron chi connectivity index (χ0n) is 14.9. The van der Waals surface area contributed by atoms with Crippen LogP contribution in [-0.2, 0) is 16.1 Å². The zero-order chi connectivity index (χ0) is 18.4. The molecule has 1 saturated heterocycles. The Kier molecular flexibility index (Phi) is 6.02. The van der Waals surface area contributed by atoms with Crippen LogP contribution in [0.15, 0.2) is 54.6 Å². The lowest BCUT2D eigenvalue weighted by Crippen LogP contribution is -2.37. The van der Waals surface area contributed by atoms with Crippen molar-refractivity contribution >= 4 is 17.7 Å². The number of anilines is 1. The second-order valence-corrected chi connectivity index (χ2v) is 6.31. The maximum atomic E-state index is 12.9. The van der Waals surface area contributed by atoms with E-state index in [1.807, 2.05) is 12.1 Å². The summed E-state index contributed by atoms with van der Waals surface area (Å²) < 4.78 is 18.4. The third-order valence-electron chi connectivity index (χ3n) is 4.42. The Hall–Kier alpha value is -2.66. The van der Waals surface area contributed by atoms with Crippen molar-refractivity contribution in [1.82, 2.24) is 4.90 Å². The van der Waals surface area contributed by atoms with Crippen LogP contribution in [0.5, 0.6) is 0 Å². The molecule has 1 fully saturated rings. The number of likely N-dealkylation sites (N-methyl/N-ethyl adjacent to an activating group) is 1. The number of halogens is 1. The summed E-state index contributed by atoms with van der Waals surface area (Å²) >= 11 is 0. The average molecular weight is 354 g/mol. The molecule has 0 N–H and O–H groups in total. The summed E-state index contributed by atoms with van der Waals surface area (Å²) in [6, 6.07) is 14.2. The molecule has 0 bridgehead atoms. The van der Waals surface area contributed by atoms with Crippen molar-refractivity contribution in [3.8, 4) is 0 Å². The van der Waals surface area contributed by atoms with Gasteiger partial charge in [-0.05, 0) is 35.4 Å². The van der Waals surface area contributed by atoms with Gasteiger partial charge in [-0.25, -0.2) is 4.39 Å². The van der Waals surface area contributed by atoms with Crippen LogP contribution in [0, 0.1) is 5.82 Å². The molecule has 0 radical (unpaired) electrons. The largest absolute Gasteiger partial charge is 0.378 e. The number of hydrogen-bond acceptors (Lipinski definition) is 3. The molecule has 0 atom stereocenters. The lowest BCUT2D eigenvalue weighted by atomic mass is 10.1. The summed E-state index contributed by atoms with van der Waals surface area (Å²) in [6.07, 6.45) is 3.22. The van der Waals surface area contributed by atoms with E-state index in [-0.39, 0.29) is 11.7 Å². The van der Waals surface area contributed by atoms with E-state index in [0.29, 0.717) is 6.54 Å². The molecule has 1 aliphatic heterocycles. The monoisotopic (exact) mass is 354 g/mol. The molecule has 26 heavy (non-hydrogen) atoms. The van der Waals surface area contributed by atoms with E-state index >= 15 is 0 Å². The summed E-state index contributed by atoms with van der Waals surface area (Å²) in [4.78, 5) is 16.4. The number of ether oxygens (including phenoxy) is 1. The minimum Gasteiger partial charge on any atom is -0.378 e. The lowest BCUT2D eigenvalue weighted by molar-refractivity contribution is -0.125. The molecule has 2 aromatic carbocycles. The van der Waals surface area contributed by atoms with Gasteiger partial charge in [0.15, 0.2) is 0 Å². The van der Waals surface area contributed by atoms with Crippen LogP contribution in [0.2, 0.25) is 0 Å². The molecule has 0 unspecified atom stereocenters. The lowest BCUT2D eigenvalue weighted by Gasteiger charge is -2.31. The van der Waals surface area contributed by atoms with Crippen molar-refractivity contribution in [3.05, 3.63) is 71.6 Å². The summed E-state index contributed by atoms with van der Waals surface area (Å²) in [6.45, 7) is 3.70. The quantitative estimate of drug-likeness (QED) is 0.772. The van der Waals surface area contributed by atoms with Crippen molar-refractivity contribution in [2.24, 2.45) is 0 Å². The summed E-state index contributed by atoms with van der Waals surface area (Å²) in [5.41, 5.74) is 3.06. The number of para-hydroxylation sites is 1. The second kappa shape index (κ2) is 8.63. The van der Waals surface area contributed by atoms with Crippen LogP contribution in [0.1, 0.15) is 11.1 Å². The molecule has 1 aliphatic rings. The minimum atomic E-state index is -0.287. The number of morpholine rings is 1. The van der Waals surface area contributed by atoms with Crippen molar-refractivity contribution in [2.45, 2.75) is 6.54 Å². The van der Waals surface area contributed by atoms with E-state index < -0.39 is 0 Å². The van der Waals surface area contributed by atoms with Gasteiger partial charge in [0.1, 0.15) is 5.82 Å². The van der Waals surface area contributed by atoms with E-state index in [2.05, 4.69) is 17.0 Å². The number of hydrogen-bond donors (Lipinski definition) is 0. The Labute approximate surface area is 153 Å². The first-order valence-electron chi connectivity index (χ1n) is 8.73. The Morgan fingerprint density at radius 3 is 2.58 bits per heavy atom. The topological polar surface area (TPSA) is 32.8 Å². The highest BCUT2D eigenvalue weighted by Gasteiger charge is 2.16. The average Bonchev–Trinajstić information content (AvgIpc) is 2.68. The van der Waals surface area contributed by atoms with E-state index in [4.69, 9.17) is 4.74 Å². The van der Waals surface area contributed by atoms with Gasteiger partial charge in [0, 0.05) is 38.4 Å². The van der Waals surface area contributed by atoms with Gasteiger partial charge in [0.2, 0.25) is 5.91 Å². The third-order valence-corrected chi connectivity index (χ3v) is 4.42. The molecule has 0 aromatic heterocycles. The van der Waals surface area contributed by atoms with Gasteiger partial charge in [-0.15, -0.1) is 0 Å². The van der Waals surface area contributed by atoms with E-state index in [0.717, 1.165) is 43.1 Å². The molecule has 0 saturated carbocycles. The number of rotatable bonds is 5. The van der Waals surface area contributed by atoms with Crippen LogP contribution in [-0.4, -0.2) is 44.2 Å². The smallest absolute Gasteiger partial charge is 0.246 e. The van der Waals surface area contributed by atoms with Crippen molar-refractivity contribution in [3.63, 3.8) is 0 Å². The van der Waals surface area contributed by atoms with E-state index in [1.54, 1.807) is 30.2 Å². The molecule has 3 rings (SSSR count). The summed E-state index contributed by atoms with van der Waals surface area (Å²) in [5.74, 6) is -0.378. The van der Waals surface area contributed by atoms with Crippen LogP contribution >= 0.6 is 0 Å². The Balaban J connectivity index is 1.66. The van der Waals surface area contributed by atoms with Crippen LogP contribution in [0.4, 0.5) is 10.1 Å². The van der Waals surface area contributed by atoms with Crippen LogP contribution in [0.25, 0.3) is 6.08 Å². The third kappa shape index (κ3) is 4.70. The van der Waals surface area contributed by atoms with Gasteiger partial charge in [-0.3, -0.25) is 4.79 Å². The van der Waals surface area contributed by atoms with Crippen molar-refractivity contribution in [2.75, 3.05) is 38.3 Å². The molecule has 0 aliphatic carbocycles. The Bertz CT molecular complexity index is 768. The second-order valence-electron chi connectivity index (χ2n) is 6.31. The highest BCUT2D eigenvalue weighted by Crippen LogP contribution is 2.22. The van der Waals surface area contributed by atoms with Gasteiger partial charge in [0.05, 0.1) is 13.2 Å². The fourth-order valence-corrected chi connectivity index (χ4v) is 2.96. The van der Waals surface area contributed by atoms with Crippen LogP contribution < -0.4 is 4.90 Å². The van der Waals surface area contributed by atoms with Gasteiger partial charge in [-0.2, -0.15) is 0 Å². The fraction of sp³-hybridized carbons (Fsp3) is 0.286. The predicted molar refractivity (Wildman–Crippen MR) is 101 cm³/mol. The maximum absolute atomic E-state index is 12.9.